The number of carbonyl (C=O) groups is 1. The van der Waals surface area contributed by atoms with Gasteiger partial charge in [-0.2, -0.15) is 0 Å². The second kappa shape index (κ2) is 10.7. The minimum Gasteiger partial charge on any atom is -0.368 e. The van der Waals surface area contributed by atoms with Gasteiger partial charge in [0.1, 0.15) is 10.6 Å². The van der Waals surface area contributed by atoms with E-state index in [1.54, 1.807) is 23.7 Å². The van der Waals surface area contributed by atoms with E-state index in [2.05, 4.69) is 22.4 Å². The summed E-state index contributed by atoms with van der Waals surface area (Å²) in [5.74, 6) is 1.50. The van der Waals surface area contributed by atoms with Crippen molar-refractivity contribution in [2.75, 3.05) is 18.4 Å². The molecule has 190 valence electrons. The molecule has 3 aromatic heterocycles. The second-order valence-electron chi connectivity index (χ2n) is 9.49. The fourth-order valence-corrected chi connectivity index (χ4v) is 6.14. The average molecular weight is 521 g/mol. The molecule has 1 amide bonds. The van der Waals surface area contributed by atoms with Crippen molar-refractivity contribution in [1.82, 2.24) is 19.9 Å². The highest BCUT2D eigenvalue weighted by Gasteiger charge is 2.27. The molecule has 0 saturated carbocycles. The molecule has 0 aliphatic carbocycles. The van der Waals surface area contributed by atoms with Crippen LogP contribution in [0.5, 0.6) is 0 Å². The topological polar surface area (TPSA) is 97.0 Å². The third-order valence-corrected chi connectivity index (χ3v) is 7.93. The van der Waals surface area contributed by atoms with Crippen LogP contribution in [-0.2, 0) is 19.4 Å². The van der Waals surface area contributed by atoms with Crippen LogP contribution in [0.1, 0.15) is 26.4 Å². The van der Waals surface area contributed by atoms with E-state index < -0.39 is 0 Å². The molecular weight excluding hydrogens is 492 g/mol. The van der Waals surface area contributed by atoms with E-state index in [0.717, 1.165) is 39.3 Å². The Bertz CT molecular complexity index is 1560. The number of rotatable bonds is 7. The Balaban J connectivity index is 1.32. The van der Waals surface area contributed by atoms with Gasteiger partial charge in [0, 0.05) is 47.5 Å². The van der Waals surface area contributed by atoms with E-state index in [1.807, 2.05) is 65.6 Å². The quantitative estimate of drug-likeness (QED) is 0.316. The number of nitrogens with one attached hydrogen (secondary N) is 1. The smallest absolute Gasteiger partial charge is 0.254 e. The van der Waals surface area contributed by atoms with Gasteiger partial charge < -0.3 is 16.0 Å². The molecule has 1 atom stereocenters. The summed E-state index contributed by atoms with van der Waals surface area (Å²) in [6.07, 6.45) is 5.03. The average Bonchev–Trinajstić information content (AvgIpc) is 3.35. The number of nitrogens with two attached hydrogens (primary N) is 1. The molecule has 3 N–H and O–H groups in total. The van der Waals surface area contributed by atoms with Crippen LogP contribution in [-0.4, -0.2) is 44.9 Å². The summed E-state index contributed by atoms with van der Waals surface area (Å²) in [7, 11) is 0. The number of nitrogens with zero attached hydrogens (tertiary/aromatic N) is 4. The molecule has 1 aliphatic rings. The molecule has 0 saturated heterocycles. The number of benzene rings is 2. The monoisotopic (exact) mass is 520 g/mol. The first kappa shape index (κ1) is 24.2. The Labute approximate surface area is 225 Å². The van der Waals surface area contributed by atoms with Crippen molar-refractivity contribution in [1.29, 1.82) is 0 Å². The summed E-state index contributed by atoms with van der Waals surface area (Å²) in [6.45, 7) is 1.81. The molecule has 2 aromatic carbocycles. The van der Waals surface area contributed by atoms with Crippen molar-refractivity contribution in [3.05, 3.63) is 107 Å². The van der Waals surface area contributed by atoms with Gasteiger partial charge in [-0.25, -0.2) is 9.97 Å². The minimum absolute atomic E-state index is 0.0579. The first-order valence-electron chi connectivity index (χ1n) is 12.8. The van der Waals surface area contributed by atoms with Crippen molar-refractivity contribution in [2.45, 2.75) is 25.4 Å². The Morgan fingerprint density at radius 2 is 1.74 bits per heavy atom. The SMILES string of the molecule is N[C@@H](CNc1nc(-c2ccncc2)nc2sc3c(c12)CCN(C(=O)c1ccccc1)C3)Cc1ccccc1. The number of hydrogen-bond acceptors (Lipinski definition) is 7. The van der Waals surface area contributed by atoms with E-state index in [4.69, 9.17) is 15.7 Å². The van der Waals surface area contributed by atoms with Crippen LogP contribution >= 0.6 is 11.3 Å². The minimum atomic E-state index is -0.0692. The standard InChI is InChI=1S/C30H28N6OS/c31-23(17-20-7-3-1-4-8-20)18-33-28-26-24-13-16-36(30(37)22-9-5-2-6-10-22)19-25(24)38-29(26)35-27(34-28)21-11-14-32-15-12-21/h1-12,14-15,23H,13,16-19,31H2,(H,33,34,35)/t23-/m1/s1. The molecule has 0 unspecified atom stereocenters. The van der Waals surface area contributed by atoms with Gasteiger partial charge in [-0.15, -0.1) is 11.3 Å². The number of aromatic nitrogens is 3. The van der Waals surface area contributed by atoms with Crippen LogP contribution < -0.4 is 11.1 Å². The van der Waals surface area contributed by atoms with Gasteiger partial charge >= 0.3 is 0 Å². The van der Waals surface area contributed by atoms with Crippen molar-refractivity contribution in [3.8, 4) is 11.4 Å². The maximum atomic E-state index is 13.1. The Morgan fingerprint density at radius 1 is 1.00 bits per heavy atom. The first-order valence-corrected chi connectivity index (χ1v) is 13.6. The summed E-state index contributed by atoms with van der Waals surface area (Å²) in [6, 6.07) is 23.5. The normalized spacial score (nSPS) is 13.8. The van der Waals surface area contributed by atoms with Gasteiger partial charge in [0.05, 0.1) is 11.9 Å². The summed E-state index contributed by atoms with van der Waals surface area (Å²) < 4.78 is 0. The zero-order valence-electron chi connectivity index (χ0n) is 20.9. The number of pyridine rings is 1. The molecular formula is C30H28N6OS. The van der Waals surface area contributed by atoms with E-state index >= 15 is 0 Å². The lowest BCUT2D eigenvalue weighted by atomic mass is 10.0. The molecule has 4 heterocycles. The zero-order chi connectivity index (χ0) is 25.9. The van der Waals surface area contributed by atoms with Crippen molar-refractivity contribution in [2.24, 2.45) is 5.73 Å². The van der Waals surface area contributed by atoms with E-state index in [0.29, 0.717) is 31.0 Å². The lowest BCUT2D eigenvalue weighted by molar-refractivity contribution is 0.0737. The maximum Gasteiger partial charge on any atom is 0.254 e. The molecule has 5 aromatic rings. The van der Waals surface area contributed by atoms with Gasteiger partial charge in [-0.05, 0) is 48.2 Å². The highest BCUT2D eigenvalue weighted by atomic mass is 32.1. The van der Waals surface area contributed by atoms with Gasteiger partial charge in [0.25, 0.3) is 5.91 Å². The summed E-state index contributed by atoms with van der Waals surface area (Å²) in [4.78, 5) is 31.2. The molecule has 0 radical (unpaired) electrons. The molecule has 7 nitrogen and oxygen atoms in total. The molecule has 0 spiro atoms. The molecule has 0 bridgehead atoms. The van der Waals surface area contributed by atoms with Crippen molar-refractivity contribution < 1.29 is 4.79 Å². The maximum absolute atomic E-state index is 13.1. The summed E-state index contributed by atoms with van der Waals surface area (Å²) >= 11 is 1.64. The van der Waals surface area contributed by atoms with Crippen LogP contribution in [0.3, 0.4) is 0 Å². The van der Waals surface area contributed by atoms with Crippen LogP contribution in [0.25, 0.3) is 21.6 Å². The number of amides is 1. The zero-order valence-corrected chi connectivity index (χ0v) is 21.7. The largest absolute Gasteiger partial charge is 0.368 e. The van der Waals surface area contributed by atoms with Crippen LogP contribution in [0.15, 0.2) is 85.2 Å². The number of thiophene rings is 1. The van der Waals surface area contributed by atoms with Crippen LogP contribution in [0.4, 0.5) is 5.82 Å². The Hall–Kier alpha value is -4.14. The van der Waals surface area contributed by atoms with Crippen LogP contribution in [0.2, 0.25) is 0 Å². The highest BCUT2D eigenvalue weighted by Crippen LogP contribution is 2.39. The van der Waals surface area contributed by atoms with E-state index in [1.165, 1.54) is 11.1 Å². The first-order chi connectivity index (χ1) is 18.7. The number of fused-ring (bicyclic) bond motifs is 3. The predicted octanol–water partition coefficient (Wildman–Crippen LogP) is 4.93. The molecule has 1 aliphatic heterocycles. The lowest BCUT2D eigenvalue weighted by Crippen LogP contribution is -2.35. The van der Waals surface area contributed by atoms with Crippen LogP contribution in [0, 0.1) is 0 Å². The summed E-state index contributed by atoms with van der Waals surface area (Å²) in [5.41, 5.74) is 10.6. The predicted molar refractivity (Wildman–Crippen MR) is 152 cm³/mol. The number of hydrogen-bond donors (Lipinski definition) is 2. The summed E-state index contributed by atoms with van der Waals surface area (Å²) in [5, 5.41) is 4.59. The highest BCUT2D eigenvalue weighted by molar-refractivity contribution is 7.19. The van der Waals surface area contributed by atoms with E-state index in [9.17, 15) is 4.79 Å². The Morgan fingerprint density at radius 3 is 2.50 bits per heavy atom. The van der Waals surface area contributed by atoms with Gasteiger partial charge in [0.2, 0.25) is 0 Å². The van der Waals surface area contributed by atoms with E-state index in [-0.39, 0.29) is 11.9 Å². The number of carbonyl (C=O) groups excluding carboxylic acids is 1. The molecule has 8 heteroatoms. The van der Waals surface area contributed by atoms with Gasteiger partial charge in [0.15, 0.2) is 5.82 Å². The van der Waals surface area contributed by atoms with Crippen molar-refractivity contribution >= 4 is 33.3 Å². The fraction of sp³-hybridized carbons (Fsp3) is 0.200. The van der Waals surface area contributed by atoms with Crippen molar-refractivity contribution in [3.63, 3.8) is 0 Å². The number of anilines is 1. The van der Waals surface area contributed by atoms with Gasteiger partial charge in [-0.3, -0.25) is 9.78 Å². The fourth-order valence-electron chi connectivity index (χ4n) is 4.91. The molecule has 38 heavy (non-hydrogen) atoms. The lowest BCUT2D eigenvalue weighted by Gasteiger charge is -2.27. The molecule has 0 fully saturated rings. The molecule has 6 rings (SSSR count). The third-order valence-electron chi connectivity index (χ3n) is 6.82. The Kier molecular flexibility index (Phi) is 6.81. The second-order valence-corrected chi connectivity index (χ2v) is 10.6. The third kappa shape index (κ3) is 5.01. The van der Waals surface area contributed by atoms with Gasteiger partial charge in [-0.1, -0.05) is 48.5 Å².